The molecule has 2 heterocycles. The SMILES string of the molecule is O=C1NC(=O)C2=C1c1ccccc1C1=Nc3ccccc3OC12. The lowest BCUT2D eigenvalue weighted by Gasteiger charge is -2.30. The first-order valence-electron chi connectivity index (χ1n) is 7.28. The summed E-state index contributed by atoms with van der Waals surface area (Å²) in [7, 11) is 0. The van der Waals surface area contributed by atoms with Gasteiger partial charge in [0.1, 0.15) is 11.4 Å². The highest BCUT2D eigenvalue weighted by molar-refractivity contribution is 6.41. The van der Waals surface area contributed by atoms with Crippen LogP contribution in [0.2, 0.25) is 0 Å². The van der Waals surface area contributed by atoms with Gasteiger partial charge in [-0.2, -0.15) is 0 Å². The van der Waals surface area contributed by atoms with E-state index in [-0.39, 0.29) is 5.91 Å². The number of nitrogens with zero attached hydrogens (tertiary/aromatic N) is 1. The number of ether oxygens (including phenoxy) is 1. The second-order valence-electron chi connectivity index (χ2n) is 5.58. The van der Waals surface area contributed by atoms with Crippen molar-refractivity contribution in [3.63, 3.8) is 0 Å². The van der Waals surface area contributed by atoms with E-state index in [2.05, 4.69) is 5.32 Å². The molecule has 1 unspecified atom stereocenters. The normalized spacial score (nSPS) is 20.7. The molecule has 1 atom stereocenters. The molecule has 23 heavy (non-hydrogen) atoms. The summed E-state index contributed by atoms with van der Waals surface area (Å²) in [5, 5.41) is 2.37. The first-order chi connectivity index (χ1) is 11.2. The fourth-order valence-electron chi connectivity index (χ4n) is 3.33. The molecule has 2 aromatic rings. The number of fused-ring (bicyclic) bond motifs is 6. The van der Waals surface area contributed by atoms with Crippen LogP contribution >= 0.6 is 0 Å². The number of benzene rings is 2. The Morgan fingerprint density at radius 2 is 1.65 bits per heavy atom. The van der Waals surface area contributed by atoms with Gasteiger partial charge in [0, 0.05) is 5.56 Å². The molecule has 2 amide bonds. The molecule has 5 heteroatoms. The number of imide groups is 1. The van der Waals surface area contributed by atoms with Crippen LogP contribution in [0.4, 0.5) is 5.69 Å². The first-order valence-corrected chi connectivity index (χ1v) is 7.28. The summed E-state index contributed by atoms with van der Waals surface area (Å²) >= 11 is 0. The van der Waals surface area contributed by atoms with Crippen molar-refractivity contribution in [1.29, 1.82) is 0 Å². The van der Waals surface area contributed by atoms with E-state index < -0.39 is 12.0 Å². The molecule has 0 bridgehead atoms. The van der Waals surface area contributed by atoms with E-state index in [0.29, 0.717) is 22.6 Å². The summed E-state index contributed by atoms with van der Waals surface area (Å²) in [6.45, 7) is 0. The minimum Gasteiger partial charge on any atom is -0.477 e. The second-order valence-corrected chi connectivity index (χ2v) is 5.58. The maximum atomic E-state index is 12.3. The predicted molar refractivity (Wildman–Crippen MR) is 83.6 cm³/mol. The molecule has 0 saturated heterocycles. The van der Waals surface area contributed by atoms with Crippen LogP contribution < -0.4 is 10.1 Å². The highest BCUT2D eigenvalue weighted by Crippen LogP contribution is 2.42. The quantitative estimate of drug-likeness (QED) is 0.757. The molecule has 3 aliphatic rings. The maximum Gasteiger partial charge on any atom is 0.259 e. The zero-order valence-electron chi connectivity index (χ0n) is 11.9. The number of aliphatic imine (C=N–C) groups is 1. The second kappa shape index (κ2) is 4.16. The Hall–Kier alpha value is -3.21. The Morgan fingerprint density at radius 1 is 0.913 bits per heavy atom. The van der Waals surface area contributed by atoms with Gasteiger partial charge < -0.3 is 4.74 Å². The Kier molecular flexibility index (Phi) is 2.24. The van der Waals surface area contributed by atoms with Crippen LogP contribution in [0.5, 0.6) is 5.75 Å². The molecule has 0 aromatic heterocycles. The van der Waals surface area contributed by atoms with Crippen molar-refractivity contribution in [3.05, 3.63) is 65.2 Å². The number of hydrogen-bond donors (Lipinski definition) is 1. The third kappa shape index (κ3) is 1.53. The number of amides is 2. The highest BCUT2D eigenvalue weighted by atomic mass is 16.5. The molecular formula is C18H10N2O3. The third-order valence-electron chi connectivity index (χ3n) is 4.30. The lowest BCUT2D eigenvalue weighted by Crippen LogP contribution is -2.38. The van der Waals surface area contributed by atoms with Crippen LogP contribution in [0.3, 0.4) is 0 Å². The van der Waals surface area contributed by atoms with Gasteiger partial charge >= 0.3 is 0 Å². The van der Waals surface area contributed by atoms with Crippen molar-refractivity contribution >= 4 is 28.8 Å². The fourth-order valence-corrected chi connectivity index (χ4v) is 3.33. The van der Waals surface area contributed by atoms with E-state index in [0.717, 1.165) is 16.8 Å². The van der Waals surface area contributed by atoms with Gasteiger partial charge in [0.05, 0.1) is 16.9 Å². The van der Waals surface area contributed by atoms with Gasteiger partial charge in [0.2, 0.25) is 0 Å². The standard InChI is InChI=1S/C18H10N2O3/c21-17-13-9-5-1-2-6-10(9)15-16(14(13)18(22)20-17)23-12-8-4-3-7-11(12)19-15/h1-8,16H,(H,20,21,22). The molecule has 5 nitrogen and oxygen atoms in total. The lowest BCUT2D eigenvalue weighted by molar-refractivity contribution is -0.123. The van der Waals surface area contributed by atoms with E-state index in [4.69, 9.17) is 9.73 Å². The number of nitrogens with one attached hydrogen (secondary N) is 1. The zero-order chi connectivity index (χ0) is 15.6. The minimum atomic E-state index is -0.652. The number of hydrogen-bond acceptors (Lipinski definition) is 4. The van der Waals surface area contributed by atoms with Crippen LogP contribution in [0.1, 0.15) is 11.1 Å². The number of rotatable bonds is 0. The molecule has 0 spiro atoms. The topological polar surface area (TPSA) is 67.8 Å². The van der Waals surface area contributed by atoms with Gasteiger partial charge in [-0.3, -0.25) is 14.9 Å². The zero-order valence-corrected chi connectivity index (χ0v) is 11.9. The minimum absolute atomic E-state index is 0.349. The Labute approximate surface area is 131 Å². The number of carbonyl (C=O) groups excluding carboxylic acids is 2. The molecular weight excluding hydrogens is 292 g/mol. The van der Waals surface area contributed by atoms with Crippen LogP contribution in [-0.4, -0.2) is 23.6 Å². The Morgan fingerprint density at radius 3 is 2.52 bits per heavy atom. The van der Waals surface area contributed by atoms with Crippen LogP contribution in [0.15, 0.2) is 59.1 Å². The van der Waals surface area contributed by atoms with Gasteiger partial charge in [-0.25, -0.2) is 4.99 Å². The summed E-state index contributed by atoms with van der Waals surface area (Å²) in [4.78, 5) is 29.2. The van der Waals surface area contributed by atoms with Crippen molar-refractivity contribution < 1.29 is 14.3 Å². The van der Waals surface area contributed by atoms with Crippen molar-refractivity contribution in [3.8, 4) is 5.75 Å². The molecule has 2 aromatic carbocycles. The average molecular weight is 302 g/mol. The monoisotopic (exact) mass is 302 g/mol. The van der Waals surface area contributed by atoms with Crippen LogP contribution in [0.25, 0.3) is 5.57 Å². The molecule has 0 fully saturated rings. The fraction of sp³-hybridized carbons (Fsp3) is 0.0556. The first kappa shape index (κ1) is 12.3. The lowest BCUT2D eigenvalue weighted by atomic mass is 9.82. The van der Waals surface area contributed by atoms with Crippen molar-refractivity contribution in [1.82, 2.24) is 5.32 Å². The van der Waals surface area contributed by atoms with Crippen molar-refractivity contribution in [2.24, 2.45) is 4.99 Å². The predicted octanol–water partition coefficient (Wildman–Crippen LogP) is 1.99. The average Bonchev–Trinajstić information content (AvgIpc) is 2.88. The van der Waals surface area contributed by atoms with Crippen molar-refractivity contribution in [2.75, 3.05) is 0 Å². The van der Waals surface area contributed by atoms with E-state index in [1.165, 1.54) is 0 Å². The molecule has 1 aliphatic carbocycles. The van der Waals surface area contributed by atoms with E-state index in [9.17, 15) is 9.59 Å². The van der Waals surface area contributed by atoms with E-state index in [1.807, 2.05) is 48.5 Å². The van der Waals surface area contributed by atoms with Gasteiger partial charge in [-0.15, -0.1) is 0 Å². The Bertz CT molecular complexity index is 972. The number of para-hydroxylation sites is 2. The summed E-state index contributed by atoms with van der Waals surface area (Å²) in [6.07, 6.45) is -0.652. The van der Waals surface area contributed by atoms with Gasteiger partial charge in [-0.1, -0.05) is 36.4 Å². The molecule has 5 rings (SSSR count). The third-order valence-corrected chi connectivity index (χ3v) is 4.30. The summed E-state index contributed by atoms with van der Waals surface area (Å²) in [6, 6.07) is 14.9. The maximum absolute atomic E-state index is 12.3. The highest BCUT2D eigenvalue weighted by Gasteiger charge is 2.45. The summed E-state index contributed by atoms with van der Waals surface area (Å²) in [5.74, 6) is -0.171. The van der Waals surface area contributed by atoms with Crippen LogP contribution in [0, 0.1) is 0 Å². The summed E-state index contributed by atoms with van der Waals surface area (Å²) < 4.78 is 6.02. The van der Waals surface area contributed by atoms with E-state index in [1.54, 1.807) is 0 Å². The molecule has 0 saturated carbocycles. The van der Waals surface area contributed by atoms with Crippen molar-refractivity contribution in [2.45, 2.75) is 6.10 Å². The molecule has 0 radical (unpaired) electrons. The Balaban J connectivity index is 1.85. The van der Waals surface area contributed by atoms with E-state index >= 15 is 0 Å². The molecule has 110 valence electrons. The van der Waals surface area contributed by atoms with Crippen LogP contribution in [-0.2, 0) is 9.59 Å². The molecule has 1 N–H and O–H groups in total. The summed E-state index contributed by atoms with van der Waals surface area (Å²) in [5.41, 5.74) is 3.69. The largest absolute Gasteiger partial charge is 0.477 e. The van der Waals surface area contributed by atoms with Gasteiger partial charge in [0.15, 0.2) is 6.10 Å². The van der Waals surface area contributed by atoms with Gasteiger partial charge in [0.25, 0.3) is 11.8 Å². The number of carbonyl (C=O) groups is 2. The molecule has 2 aliphatic heterocycles. The smallest absolute Gasteiger partial charge is 0.259 e. The van der Waals surface area contributed by atoms with Gasteiger partial charge in [-0.05, 0) is 17.7 Å².